The third kappa shape index (κ3) is 3.23. The third-order valence-electron chi connectivity index (χ3n) is 2.02. The van der Waals surface area contributed by atoms with Gasteiger partial charge < -0.3 is 5.73 Å². The van der Waals surface area contributed by atoms with Crippen LogP contribution in [0.4, 0.5) is 13.2 Å². The van der Waals surface area contributed by atoms with Crippen LogP contribution < -0.4 is 5.73 Å². The summed E-state index contributed by atoms with van der Waals surface area (Å²) in [6, 6.07) is 1.18. The summed E-state index contributed by atoms with van der Waals surface area (Å²) in [5.41, 5.74) is 6.62. The molecule has 6 heteroatoms. The molecule has 0 aliphatic carbocycles. The standard InChI is InChI=1S/C9H14F3N3/c1-3-7-4-8(6(2)13)15(14-7)5-9(10,11)12/h4,6H,3,5,13H2,1-2H3. The predicted molar refractivity (Wildman–Crippen MR) is 50.3 cm³/mol. The summed E-state index contributed by atoms with van der Waals surface area (Å²) >= 11 is 0. The maximum atomic E-state index is 12.2. The molecule has 0 aliphatic heterocycles. The smallest absolute Gasteiger partial charge is 0.323 e. The van der Waals surface area contributed by atoms with Crippen molar-refractivity contribution in [3.05, 3.63) is 17.5 Å². The molecule has 86 valence electrons. The van der Waals surface area contributed by atoms with Crippen LogP contribution in [-0.2, 0) is 13.0 Å². The lowest BCUT2D eigenvalue weighted by Gasteiger charge is -2.11. The van der Waals surface area contributed by atoms with Crippen LogP contribution in [-0.4, -0.2) is 16.0 Å². The van der Waals surface area contributed by atoms with Crippen molar-refractivity contribution in [2.45, 2.75) is 39.0 Å². The first kappa shape index (κ1) is 12.0. The van der Waals surface area contributed by atoms with Crippen LogP contribution in [0.2, 0.25) is 0 Å². The van der Waals surface area contributed by atoms with Gasteiger partial charge in [0.25, 0.3) is 0 Å². The zero-order valence-electron chi connectivity index (χ0n) is 8.67. The monoisotopic (exact) mass is 221 g/mol. The average molecular weight is 221 g/mol. The number of aromatic nitrogens is 2. The van der Waals surface area contributed by atoms with Crippen molar-refractivity contribution in [1.29, 1.82) is 0 Å². The van der Waals surface area contributed by atoms with Crippen LogP contribution in [0.15, 0.2) is 6.07 Å². The van der Waals surface area contributed by atoms with Gasteiger partial charge in [0.15, 0.2) is 0 Å². The molecule has 0 aromatic carbocycles. The topological polar surface area (TPSA) is 43.8 Å². The van der Waals surface area contributed by atoms with Gasteiger partial charge in [-0.05, 0) is 19.4 Å². The van der Waals surface area contributed by atoms with E-state index in [-0.39, 0.29) is 0 Å². The van der Waals surface area contributed by atoms with Crippen molar-refractivity contribution >= 4 is 0 Å². The Morgan fingerprint density at radius 3 is 2.53 bits per heavy atom. The van der Waals surface area contributed by atoms with E-state index in [9.17, 15) is 13.2 Å². The third-order valence-corrected chi connectivity index (χ3v) is 2.02. The van der Waals surface area contributed by atoms with E-state index in [0.717, 1.165) is 4.68 Å². The van der Waals surface area contributed by atoms with Gasteiger partial charge in [0.2, 0.25) is 0 Å². The van der Waals surface area contributed by atoms with Gasteiger partial charge in [0, 0.05) is 6.04 Å². The van der Waals surface area contributed by atoms with E-state index in [4.69, 9.17) is 5.73 Å². The fourth-order valence-electron chi connectivity index (χ4n) is 1.32. The van der Waals surface area contributed by atoms with Crippen LogP contribution in [0, 0.1) is 0 Å². The number of hydrogen-bond acceptors (Lipinski definition) is 2. The van der Waals surface area contributed by atoms with Gasteiger partial charge in [-0.15, -0.1) is 0 Å². The lowest BCUT2D eigenvalue weighted by atomic mass is 10.2. The van der Waals surface area contributed by atoms with Gasteiger partial charge in [-0.25, -0.2) is 0 Å². The highest BCUT2D eigenvalue weighted by Gasteiger charge is 2.30. The minimum Gasteiger partial charge on any atom is -0.323 e. The molecule has 0 amide bonds. The largest absolute Gasteiger partial charge is 0.408 e. The Balaban J connectivity index is 2.99. The van der Waals surface area contributed by atoms with Crippen LogP contribution in [0.5, 0.6) is 0 Å². The molecule has 0 radical (unpaired) electrons. The fourth-order valence-corrected chi connectivity index (χ4v) is 1.32. The van der Waals surface area contributed by atoms with Crippen molar-refractivity contribution in [3.63, 3.8) is 0 Å². The minimum absolute atomic E-state index is 0.421. The molecule has 0 spiro atoms. The summed E-state index contributed by atoms with van der Waals surface area (Å²) in [4.78, 5) is 0. The molecule has 0 fully saturated rings. The molecule has 1 rings (SSSR count). The van der Waals surface area contributed by atoms with E-state index in [1.165, 1.54) is 0 Å². The molecular weight excluding hydrogens is 207 g/mol. The minimum atomic E-state index is -4.26. The number of nitrogens with zero attached hydrogens (tertiary/aromatic N) is 2. The maximum absolute atomic E-state index is 12.2. The molecule has 0 saturated heterocycles. The van der Waals surface area contributed by atoms with E-state index < -0.39 is 18.8 Å². The summed E-state index contributed by atoms with van der Waals surface area (Å²) in [5.74, 6) is 0. The Morgan fingerprint density at radius 2 is 2.13 bits per heavy atom. The van der Waals surface area contributed by atoms with Crippen molar-refractivity contribution in [1.82, 2.24) is 9.78 Å². The lowest BCUT2D eigenvalue weighted by Crippen LogP contribution is -2.22. The van der Waals surface area contributed by atoms with Crippen LogP contribution in [0.3, 0.4) is 0 Å². The normalized spacial score (nSPS) is 14.3. The molecule has 1 aromatic rings. The molecule has 0 bridgehead atoms. The Kier molecular flexibility index (Phi) is 3.38. The van der Waals surface area contributed by atoms with Gasteiger partial charge in [-0.3, -0.25) is 4.68 Å². The summed E-state index contributed by atoms with van der Waals surface area (Å²) in [5, 5.41) is 3.85. The average Bonchev–Trinajstić information content (AvgIpc) is 2.44. The molecule has 0 saturated carbocycles. The molecular formula is C9H14F3N3. The number of hydrogen-bond donors (Lipinski definition) is 1. The van der Waals surface area contributed by atoms with Crippen molar-refractivity contribution in [2.75, 3.05) is 0 Å². The summed E-state index contributed by atoms with van der Waals surface area (Å²) in [6.07, 6.45) is -3.66. The Bertz CT molecular complexity index is 328. The van der Waals surface area contributed by atoms with Crippen LogP contribution >= 0.6 is 0 Å². The highest BCUT2D eigenvalue weighted by atomic mass is 19.4. The van der Waals surface area contributed by atoms with E-state index in [0.29, 0.717) is 17.8 Å². The van der Waals surface area contributed by atoms with E-state index in [2.05, 4.69) is 5.10 Å². The van der Waals surface area contributed by atoms with Gasteiger partial charge >= 0.3 is 6.18 Å². The number of aryl methyl sites for hydroxylation is 1. The van der Waals surface area contributed by atoms with E-state index in [1.54, 1.807) is 13.0 Å². The zero-order valence-corrected chi connectivity index (χ0v) is 8.67. The fraction of sp³-hybridized carbons (Fsp3) is 0.667. The van der Waals surface area contributed by atoms with Gasteiger partial charge in [-0.2, -0.15) is 18.3 Å². The van der Waals surface area contributed by atoms with Crippen LogP contribution in [0.1, 0.15) is 31.3 Å². The number of rotatable bonds is 3. The molecule has 1 aromatic heterocycles. The summed E-state index contributed by atoms with van der Waals surface area (Å²) in [7, 11) is 0. The zero-order chi connectivity index (χ0) is 11.6. The quantitative estimate of drug-likeness (QED) is 0.848. The highest BCUT2D eigenvalue weighted by molar-refractivity contribution is 5.13. The first-order valence-corrected chi connectivity index (χ1v) is 4.72. The first-order chi connectivity index (χ1) is 6.83. The Morgan fingerprint density at radius 1 is 1.53 bits per heavy atom. The molecule has 0 aliphatic rings. The van der Waals surface area contributed by atoms with E-state index >= 15 is 0 Å². The first-order valence-electron chi connectivity index (χ1n) is 4.72. The Hall–Kier alpha value is -1.04. The Labute approximate surface area is 86.1 Å². The number of halogens is 3. The molecule has 15 heavy (non-hydrogen) atoms. The molecule has 1 heterocycles. The summed E-state index contributed by atoms with van der Waals surface area (Å²) in [6.45, 7) is 2.40. The summed E-state index contributed by atoms with van der Waals surface area (Å²) < 4.78 is 37.5. The molecule has 1 unspecified atom stereocenters. The van der Waals surface area contributed by atoms with E-state index in [1.807, 2.05) is 6.92 Å². The highest BCUT2D eigenvalue weighted by Crippen LogP contribution is 2.21. The maximum Gasteiger partial charge on any atom is 0.408 e. The SMILES string of the molecule is CCc1cc(C(C)N)n(CC(F)(F)F)n1. The number of nitrogens with two attached hydrogens (primary N) is 1. The van der Waals surface area contributed by atoms with Gasteiger partial charge in [0.1, 0.15) is 6.54 Å². The molecule has 2 N–H and O–H groups in total. The van der Waals surface area contributed by atoms with Crippen molar-refractivity contribution in [2.24, 2.45) is 5.73 Å². The lowest BCUT2D eigenvalue weighted by molar-refractivity contribution is -0.143. The second kappa shape index (κ2) is 4.22. The van der Waals surface area contributed by atoms with Gasteiger partial charge in [-0.1, -0.05) is 6.92 Å². The second-order valence-corrected chi connectivity index (χ2v) is 3.48. The molecule has 1 atom stereocenters. The molecule has 3 nitrogen and oxygen atoms in total. The van der Waals surface area contributed by atoms with Crippen molar-refractivity contribution < 1.29 is 13.2 Å². The predicted octanol–water partition coefficient (Wildman–Crippen LogP) is 2.03. The second-order valence-electron chi connectivity index (χ2n) is 3.48. The number of alkyl halides is 3. The van der Waals surface area contributed by atoms with Crippen LogP contribution in [0.25, 0.3) is 0 Å². The van der Waals surface area contributed by atoms with Crippen molar-refractivity contribution in [3.8, 4) is 0 Å². The van der Waals surface area contributed by atoms with Gasteiger partial charge in [0.05, 0.1) is 11.4 Å².